The molecule has 126 valence electrons. The Kier molecular flexibility index (Phi) is 8.13. The van der Waals surface area contributed by atoms with Gasteiger partial charge in [-0.15, -0.1) is 0 Å². The standard InChI is InChI=1S/C17H36NO2P/c1-12(2)16-10-9-15(7)11-17(16)20-21(19-8)18(13(3)4)14(5)6/h12-17H,9-11H2,1-8H3/t15-,16+,17-,21?/m1/s1. The van der Waals surface area contributed by atoms with Crippen LogP contribution in [0.3, 0.4) is 0 Å². The molecule has 0 amide bonds. The predicted octanol–water partition coefficient (Wildman–Crippen LogP) is 5.46. The van der Waals surface area contributed by atoms with Gasteiger partial charge >= 0.3 is 0 Å². The van der Waals surface area contributed by atoms with Gasteiger partial charge in [-0.1, -0.05) is 27.2 Å². The second-order valence-corrected chi connectivity index (χ2v) is 8.97. The summed E-state index contributed by atoms with van der Waals surface area (Å²) in [6, 6.07) is 0.879. The van der Waals surface area contributed by atoms with Crippen LogP contribution in [0.5, 0.6) is 0 Å². The first-order valence-corrected chi connectivity index (χ1v) is 9.70. The fourth-order valence-electron chi connectivity index (χ4n) is 3.52. The molecule has 0 aliphatic heterocycles. The van der Waals surface area contributed by atoms with E-state index in [9.17, 15) is 0 Å². The zero-order valence-electron chi connectivity index (χ0n) is 15.3. The second kappa shape index (κ2) is 8.82. The zero-order chi connectivity index (χ0) is 16.2. The van der Waals surface area contributed by atoms with Crippen LogP contribution < -0.4 is 0 Å². The average Bonchev–Trinajstić information content (AvgIpc) is 2.36. The highest BCUT2D eigenvalue weighted by molar-refractivity contribution is 7.44. The molecule has 1 rings (SSSR count). The summed E-state index contributed by atoms with van der Waals surface area (Å²) in [5, 5.41) is 0. The van der Waals surface area contributed by atoms with E-state index in [4.69, 9.17) is 9.05 Å². The number of hydrogen-bond donors (Lipinski definition) is 0. The predicted molar refractivity (Wildman–Crippen MR) is 92.3 cm³/mol. The third-order valence-electron chi connectivity index (χ3n) is 4.59. The van der Waals surface area contributed by atoms with Crippen molar-refractivity contribution in [2.24, 2.45) is 17.8 Å². The van der Waals surface area contributed by atoms with E-state index in [0.29, 0.717) is 30.0 Å². The lowest BCUT2D eigenvalue weighted by Crippen LogP contribution is -2.38. The lowest BCUT2D eigenvalue weighted by atomic mass is 9.75. The first-order chi connectivity index (χ1) is 9.77. The van der Waals surface area contributed by atoms with E-state index in [1.165, 1.54) is 19.3 Å². The molecule has 1 fully saturated rings. The van der Waals surface area contributed by atoms with E-state index in [0.717, 1.165) is 5.92 Å². The Labute approximate surface area is 133 Å². The van der Waals surface area contributed by atoms with Crippen LogP contribution in [0.2, 0.25) is 0 Å². The molecular weight excluding hydrogens is 281 g/mol. The van der Waals surface area contributed by atoms with Crippen LogP contribution in [0.4, 0.5) is 0 Å². The van der Waals surface area contributed by atoms with Gasteiger partial charge in [-0.3, -0.25) is 0 Å². The zero-order valence-corrected chi connectivity index (χ0v) is 16.2. The van der Waals surface area contributed by atoms with Gasteiger partial charge in [-0.05, 0) is 58.3 Å². The Morgan fingerprint density at radius 2 is 1.57 bits per heavy atom. The summed E-state index contributed by atoms with van der Waals surface area (Å²) in [5.74, 6) is 2.12. The summed E-state index contributed by atoms with van der Waals surface area (Å²) in [4.78, 5) is 0. The molecule has 0 heterocycles. The van der Waals surface area contributed by atoms with Crippen LogP contribution in [0.1, 0.15) is 67.7 Å². The summed E-state index contributed by atoms with van der Waals surface area (Å²) >= 11 is 0. The van der Waals surface area contributed by atoms with E-state index >= 15 is 0 Å². The molecule has 1 aliphatic carbocycles. The summed E-state index contributed by atoms with van der Waals surface area (Å²) in [7, 11) is 0.831. The van der Waals surface area contributed by atoms with Crippen LogP contribution in [-0.4, -0.2) is 30.0 Å². The first kappa shape index (κ1) is 19.4. The molecule has 21 heavy (non-hydrogen) atoms. The quantitative estimate of drug-likeness (QED) is 0.582. The molecule has 0 aromatic rings. The third kappa shape index (κ3) is 5.46. The molecule has 4 atom stereocenters. The largest absolute Gasteiger partial charge is 0.325 e. The van der Waals surface area contributed by atoms with Crippen molar-refractivity contribution in [3.05, 3.63) is 0 Å². The Bertz CT molecular complexity index is 289. The second-order valence-electron chi connectivity index (χ2n) is 7.46. The van der Waals surface area contributed by atoms with Crippen LogP contribution in [0.15, 0.2) is 0 Å². The van der Waals surface area contributed by atoms with Crippen LogP contribution in [0, 0.1) is 17.8 Å². The Morgan fingerprint density at radius 3 is 2.00 bits per heavy atom. The van der Waals surface area contributed by atoms with E-state index < -0.39 is 8.53 Å². The van der Waals surface area contributed by atoms with Crippen LogP contribution >= 0.6 is 8.53 Å². The van der Waals surface area contributed by atoms with Gasteiger partial charge in [0.25, 0.3) is 8.53 Å². The average molecular weight is 317 g/mol. The van der Waals surface area contributed by atoms with Crippen molar-refractivity contribution in [2.75, 3.05) is 7.11 Å². The molecule has 1 unspecified atom stereocenters. The monoisotopic (exact) mass is 317 g/mol. The topological polar surface area (TPSA) is 21.7 Å². The van der Waals surface area contributed by atoms with Gasteiger partial charge in [-0.2, -0.15) is 0 Å². The Hall–Kier alpha value is 0.310. The van der Waals surface area contributed by atoms with Crippen molar-refractivity contribution < 1.29 is 9.05 Å². The van der Waals surface area contributed by atoms with Gasteiger partial charge in [0.2, 0.25) is 0 Å². The number of hydrogen-bond acceptors (Lipinski definition) is 3. The fraction of sp³-hybridized carbons (Fsp3) is 1.00. The first-order valence-electron chi connectivity index (χ1n) is 8.57. The van der Waals surface area contributed by atoms with Crippen molar-refractivity contribution in [1.82, 2.24) is 4.67 Å². The minimum Gasteiger partial charge on any atom is -0.325 e. The van der Waals surface area contributed by atoms with Gasteiger partial charge in [0.15, 0.2) is 0 Å². The molecule has 1 saturated carbocycles. The lowest BCUT2D eigenvalue weighted by molar-refractivity contribution is 0.0325. The van der Waals surface area contributed by atoms with Crippen molar-refractivity contribution in [3.63, 3.8) is 0 Å². The minimum absolute atomic E-state index is 0.347. The molecule has 0 saturated heterocycles. The van der Waals surface area contributed by atoms with Crippen molar-refractivity contribution in [2.45, 2.75) is 85.9 Å². The van der Waals surface area contributed by atoms with E-state index in [1.54, 1.807) is 7.11 Å². The van der Waals surface area contributed by atoms with Gasteiger partial charge in [-0.25, -0.2) is 4.67 Å². The van der Waals surface area contributed by atoms with Crippen molar-refractivity contribution in [3.8, 4) is 0 Å². The van der Waals surface area contributed by atoms with E-state index in [-0.39, 0.29) is 0 Å². The number of rotatable bonds is 7. The summed E-state index contributed by atoms with van der Waals surface area (Å²) in [6.07, 6.45) is 4.15. The SMILES string of the molecule is COP(O[C@@H]1C[C@H](C)CC[C@H]1C(C)C)N(C(C)C)C(C)C. The highest BCUT2D eigenvalue weighted by Crippen LogP contribution is 2.50. The van der Waals surface area contributed by atoms with Gasteiger partial charge in [0.1, 0.15) is 0 Å². The summed E-state index contributed by atoms with van der Waals surface area (Å²) < 4.78 is 14.7. The van der Waals surface area contributed by atoms with Gasteiger partial charge in [0.05, 0.1) is 6.10 Å². The van der Waals surface area contributed by atoms with Gasteiger partial charge < -0.3 is 9.05 Å². The molecule has 0 aromatic heterocycles. The van der Waals surface area contributed by atoms with Crippen LogP contribution in [0.25, 0.3) is 0 Å². The van der Waals surface area contributed by atoms with Crippen LogP contribution in [-0.2, 0) is 9.05 Å². The molecular formula is C17H36NO2P. The normalized spacial score (nSPS) is 28.9. The summed E-state index contributed by atoms with van der Waals surface area (Å²) in [6.45, 7) is 15.9. The highest BCUT2D eigenvalue weighted by atomic mass is 31.2. The van der Waals surface area contributed by atoms with Gasteiger partial charge in [0, 0.05) is 19.2 Å². The van der Waals surface area contributed by atoms with Crippen molar-refractivity contribution >= 4 is 8.53 Å². The molecule has 0 bridgehead atoms. The molecule has 4 heteroatoms. The minimum atomic E-state index is -0.961. The fourth-order valence-corrected chi connectivity index (χ4v) is 5.13. The maximum atomic E-state index is 6.54. The van der Waals surface area contributed by atoms with E-state index in [2.05, 4.69) is 53.1 Å². The van der Waals surface area contributed by atoms with E-state index in [1.807, 2.05) is 0 Å². The molecule has 0 spiro atoms. The summed E-state index contributed by atoms with van der Waals surface area (Å²) in [5.41, 5.74) is 0. The molecule has 0 aromatic carbocycles. The van der Waals surface area contributed by atoms with Crippen molar-refractivity contribution in [1.29, 1.82) is 0 Å². The smallest absolute Gasteiger partial charge is 0.259 e. The lowest BCUT2D eigenvalue weighted by Gasteiger charge is -2.42. The molecule has 0 radical (unpaired) electrons. The number of nitrogens with zero attached hydrogens (tertiary/aromatic N) is 1. The maximum absolute atomic E-state index is 6.54. The Morgan fingerprint density at radius 1 is 1.00 bits per heavy atom. The molecule has 3 nitrogen and oxygen atoms in total. The Balaban J connectivity index is 2.81. The molecule has 1 aliphatic rings. The maximum Gasteiger partial charge on any atom is 0.259 e. The molecule has 0 N–H and O–H groups in total. The third-order valence-corrected chi connectivity index (χ3v) is 6.65. The highest BCUT2D eigenvalue weighted by Gasteiger charge is 2.36.